The second-order valence-corrected chi connectivity index (χ2v) is 7.09. The Labute approximate surface area is 103 Å². The summed E-state index contributed by atoms with van der Waals surface area (Å²) in [6.45, 7) is 1.31. The molecule has 2 fully saturated rings. The average molecular weight is 260 g/mol. The third kappa shape index (κ3) is 3.40. The molecule has 0 N–H and O–H groups in total. The van der Waals surface area contributed by atoms with Crippen molar-refractivity contribution in [2.24, 2.45) is 0 Å². The van der Waals surface area contributed by atoms with Crippen molar-refractivity contribution in [3.63, 3.8) is 0 Å². The molecule has 0 saturated heterocycles. The highest BCUT2D eigenvalue weighted by Gasteiger charge is 2.38. The summed E-state index contributed by atoms with van der Waals surface area (Å²) >= 11 is 0. The highest BCUT2D eigenvalue weighted by atomic mass is 31.2. The Balaban J connectivity index is 1.97. The van der Waals surface area contributed by atoms with E-state index >= 15 is 0 Å². The normalized spacial score (nSPS) is 23.4. The maximum absolute atomic E-state index is 12.4. The first-order valence-corrected chi connectivity index (χ1v) is 8.12. The van der Waals surface area contributed by atoms with Crippen LogP contribution in [0.25, 0.3) is 0 Å². The summed E-state index contributed by atoms with van der Waals surface area (Å²) in [7, 11) is -3.53. The first kappa shape index (κ1) is 13.3. The van der Waals surface area contributed by atoms with Crippen molar-refractivity contribution < 1.29 is 18.4 Å². The van der Waals surface area contributed by atoms with E-state index in [2.05, 4.69) is 0 Å². The second-order valence-electron chi connectivity index (χ2n) is 5.04. The third-order valence-electron chi connectivity index (χ3n) is 3.57. The van der Waals surface area contributed by atoms with Crippen molar-refractivity contribution in [3.05, 3.63) is 0 Å². The molecule has 0 aromatic rings. The van der Waals surface area contributed by atoms with Crippen molar-refractivity contribution >= 4 is 13.1 Å². The Hall–Kier alpha value is -0.180. The third-order valence-corrected chi connectivity index (χ3v) is 5.49. The molecule has 17 heavy (non-hydrogen) atoms. The summed E-state index contributed by atoms with van der Waals surface area (Å²) in [6, 6.07) is 0. The van der Waals surface area contributed by atoms with Crippen LogP contribution < -0.4 is 0 Å². The topological polar surface area (TPSA) is 52.6 Å². The van der Waals surface area contributed by atoms with Gasteiger partial charge in [0.2, 0.25) is 5.52 Å². The molecule has 0 amide bonds. The lowest BCUT2D eigenvalue weighted by atomic mass is 10.3. The Bertz CT molecular complexity index is 294. The summed E-state index contributed by atoms with van der Waals surface area (Å²) in [6.07, 6.45) is 7.83. The number of carbonyl (C=O) groups excluding carboxylic acids is 1. The van der Waals surface area contributed by atoms with Gasteiger partial charge in [0, 0.05) is 6.92 Å². The lowest BCUT2D eigenvalue weighted by Crippen LogP contribution is -2.15. The molecule has 2 rings (SSSR count). The van der Waals surface area contributed by atoms with Crippen LogP contribution in [0.2, 0.25) is 0 Å². The van der Waals surface area contributed by atoms with E-state index in [1.165, 1.54) is 6.92 Å². The van der Waals surface area contributed by atoms with Gasteiger partial charge < -0.3 is 0 Å². The summed E-state index contributed by atoms with van der Waals surface area (Å²) in [5.41, 5.74) is -0.448. The predicted octanol–water partition coefficient (Wildman–Crippen LogP) is 3.64. The maximum Gasteiger partial charge on any atom is 0.396 e. The van der Waals surface area contributed by atoms with Crippen molar-refractivity contribution in [2.75, 3.05) is 0 Å². The lowest BCUT2D eigenvalue weighted by Gasteiger charge is -2.22. The minimum atomic E-state index is -3.53. The molecule has 98 valence electrons. The fourth-order valence-electron chi connectivity index (χ4n) is 2.55. The monoisotopic (exact) mass is 260 g/mol. The van der Waals surface area contributed by atoms with Gasteiger partial charge in [-0.25, -0.2) is 0 Å². The maximum atomic E-state index is 12.4. The molecular formula is C12H21O4P. The Morgan fingerprint density at radius 3 is 1.59 bits per heavy atom. The summed E-state index contributed by atoms with van der Waals surface area (Å²) in [5.74, 6) is 0. The molecule has 0 spiro atoms. The standard InChI is InChI=1S/C12H21O4P/c1-10(13)17(14,15-11-6-2-3-7-11)16-12-8-4-5-9-12/h11-12H,2-9H2,1H3. The molecule has 0 aromatic heterocycles. The highest BCUT2D eigenvalue weighted by Crippen LogP contribution is 2.54. The first-order chi connectivity index (χ1) is 8.10. The van der Waals surface area contributed by atoms with E-state index in [-0.39, 0.29) is 12.2 Å². The molecule has 0 aliphatic heterocycles. The predicted molar refractivity (Wildman–Crippen MR) is 65.0 cm³/mol. The molecule has 0 bridgehead atoms. The van der Waals surface area contributed by atoms with Crippen molar-refractivity contribution in [3.8, 4) is 0 Å². The average Bonchev–Trinajstić information content (AvgIpc) is 2.90. The molecule has 2 saturated carbocycles. The minimum absolute atomic E-state index is 0.0499. The van der Waals surface area contributed by atoms with Gasteiger partial charge in [-0.05, 0) is 25.7 Å². The van der Waals surface area contributed by atoms with Gasteiger partial charge in [0.15, 0.2) is 0 Å². The van der Waals surface area contributed by atoms with Crippen LogP contribution in [0.1, 0.15) is 58.3 Å². The Morgan fingerprint density at radius 2 is 1.29 bits per heavy atom. The van der Waals surface area contributed by atoms with Crippen LogP contribution in [0.5, 0.6) is 0 Å². The molecule has 2 aliphatic rings. The Kier molecular flexibility index (Phi) is 4.40. The molecule has 0 radical (unpaired) electrons. The number of carbonyl (C=O) groups is 1. The summed E-state index contributed by atoms with van der Waals surface area (Å²) in [4.78, 5) is 11.5. The van der Waals surface area contributed by atoms with Crippen LogP contribution in [-0.4, -0.2) is 17.7 Å². The summed E-state index contributed by atoms with van der Waals surface area (Å²) < 4.78 is 23.4. The molecular weight excluding hydrogens is 239 g/mol. The fraction of sp³-hybridized carbons (Fsp3) is 0.917. The van der Waals surface area contributed by atoms with Crippen LogP contribution in [0.3, 0.4) is 0 Å². The van der Waals surface area contributed by atoms with Gasteiger partial charge in [-0.3, -0.25) is 18.4 Å². The van der Waals surface area contributed by atoms with E-state index in [0.717, 1.165) is 51.4 Å². The first-order valence-electron chi connectivity index (χ1n) is 6.58. The van der Waals surface area contributed by atoms with Crippen LogP contribution in [0.15, 0.2) is 0 Å². The fourth-order valence-corrected chi connectivity index (χ4v) is 4.11. The molecule has 5 heteroatoms. The second kappa shape index (κ2) is 5.64. The zero-order chi connectivity index (χ0) is 12.3. The smallest absolute Gasteiger partial charge is 0.300 e. The molecule has 0 heterocycles. The molecule has 0 aromatic carbocycles. The molecule has 0 atom stereocenters. The number of hydrogen-bond acceptors (Lipinski definition) is 4. The largest absolute Gasteiger partial charge is 0.396 e. The van der Waals surface area contributed by atoms with Gasteiger partial charge in [0.05, 0.1) is 12.2 Å². The van der Waals surface area contributed by atoms with E-state index in [1.807, 2.05) is 0 Å². The summed E-state index contributed by atoms with van der Waals surface area (Å²) in [5, 5.41) is 0. The SMILES string of the molecule is CC(=O)P(=O)(OC1CCCC1)OC1CCCC1. The van der Waals surface area contributed by atoms with Crippen LogP contribution in [-0.2, 0) is 18.4 Å². The van der Waals surface area contributed by atoms with Crippen LogP contribution in [0, 0.1) is 0 Å². The molecule has 2 aliphatic carbocycles. The highest BCUT2D eigenvalue weighted by molar-refractivity contribution is 7.71. The van der Waals surface area contributed by atoms with Gasteiger partial charge in [-0.15, -0.1) is 0 Å². The van der Waals surface area contributed by atoms with E-state index < -0.39 is 13.1 Å². The van der Waals surface area contributed by atoms with Crippen molar-refractivity contribution in [1.82, 2.24) is 0 Å². The van der Waals surface area contributed by atoms with Gasteiger partial charge >= 0.3 is 7.60 Å². The number of hydrogen-bond donors (Lipinski definition) is 0. The van der Waals surface area contributed by atoms with Crippen molar-refractivity contribution in [1.29, 1.82) is 0 Å². The van der Waals surface area contributed by atoms with Gasteiger partial charge in [0.1, 0.15) is 0 Å². The zero-order valence-corrected chi connectivity index (χ0v) is 11.3. The zero-order valence-electron chi connectivity index (χ0n) is 10.4. The minimum Gasteiger partial charge on any atom is -0.300 e. The Morgan fingerprint density at radius 1 is 0.941 bits per heavy atom. The van der Waals surface area contributed by atoms with Crippen LogP contribution in [0.4, 0.5) is 0 Å². The molecule has 0 unspecified atom stereocenters. The van der Waals surface area contributed by atoms with Crippen molar-refractivity contribution in [2.45, 2.75) is 70.5 Å². The quantitative estimate of drug-likeness (QED) is 0.708. The van der Waals surface area contributed by atoms with Crippen LogP contribution >= 0.6 is 7.60 Å². The van der Waals surface area contributed by atoms with E-state index in [0.29, 0.717) is 0 Å². The van der Waals surface area contributed by atoms with E-state index in [9.17, 15) is 9.36 Å². The molecule has 4 nitrogen and oxygen atoms in total. The van der Waals surface area contributed by atoms with Gasteiger partial charge in [-0.2, -0.15) is 0 Å². The van der Waals surface area contributed by atoms with Gasteiger partial charge in [0.25, 0.3) is 0 Å². The number of rotatable bonds is 5. The van der Waals surface area contributed by atoms with E-state index in [1.54, 1.807) is 0 Å². The lowest BCUT2D eigenvalue weighted by molar-refractivity contribution is -0.112. The van der Waals surface area contributed by atoms with E-state index in [4.69, 9.17) is 9.05 Å². The van der Waals surface area contributed by atoms with Gasteiger partial charge in [-0.1, -0.05) is 25.7 Å².